The van der Waals surface area contributed by atoms with Crippen LogP contribution in [0.3, 0.4) is 0 Å². The SMILES string of the molecule is CC(C)C1C(=O)NC(=O)N(CC(C)(C)NS(C)(=O)=O)C1=O. The molecule has 0 aromatic rings. The molecule has 1 atom stereocenters. The lowest BCUT2D eigenvalue weighted by Gasteiger charge is -2.36. The highest BCUT2D eigenvalue weighted by Gasteiger charge is 2.44. The molecule has 0 saturated carbocycles. The van der Waals surface area contributed by atoms with Crippen LogP contribution in [0, 0.1) is 11.8 Å². The van der Waals surface area contributed by atoms with Gasteiger partial charge in [0.2, 0.25) is 21.8 Å². The minimum Gasteiger partial charge on any atom is -0.277 e. The fraction of sp³-hybridized carbons (Fsp3) is 0.750. The van der Waals surface area contributed by atoms with Crippen molar-refractivity contribution < 1.29 is 22.8 Å². The van der Waals surface area contributed by atoms with Crippen LogP contribution in [-0.4, -0.2) is 49.5 Å². The lowest BCUT2D eigenvalue weighted by atomic mass is 9.91. The summed E-state index contributed by atoms with van der Waals surface area (Å²) in [4.78, 5) is 36.7. The number of imide groups is 2. The molecule has 0 spiro atoms. The van der Waals surface area contributed by atoms with Crippen LogP contribution in [0.4, 0.5) is 4.79 Å². The van der Waals surface area contributed by atoms with E-state index in [4.69, 9.17) is 0 Å². The van der Waals surface area contributed by atoms with Gasteiger partial charge in [0.25, 0.3) is 0 Å². The first-order chi connectivity index (χ1) is 9.34. The maximum absolute atomic E-state index is 12.3. The number of hydrogen-bond donors (Lipinski definition) is 2. The second-order valence-corrected chi connectivity index (χ2v) is 7.95. The number of carbonyl (C=O) groups excluding carboxylic acids is 3. The highest BCUT2D eigenvalue weighted by atomic mass is 32.2. The van der Waals surface area contributed by atoms with Crippen LogP contribution >= 0.6 is 0 Å². The topological polar surface area (TPSA) is 113 Å². The van der Waals surface area contributed by atoms with Crippen LogP contribution in [0.5, 0.6) is 0 Å². The number of hydrogen-bond acceptors (Lipinski definition) is 5. The third-order valence-corrected chi connectivity index (χ3v) is 3.89. The Labute approximate surface area is 124 Å². The number of rotatable bonds is 5. The Kier molecular flexibility index (Phi) is 4.79. The van der Waals surface area contributed by atoms with Gasteiger partial charge in [-0.25, -0.2) is 17.9 Å². The summed E-state index contributed by atoms with van der Waals surface area (Å²) in [6.45, 7) is 6.35. The highest BCUT2D eigenvalue weighted by Crippen LogP contribution is 2.20. The summed E-state index contributed by atoms with van der Waals surface area (Å²) >= 11 is 0. The average molecular weight is 319 g/mol. The van der Waals surface area contributed by atoms with Crippen molar-refractivity contribution in [3.05, 3.63) is 0 Å². The predicted molar refractivity (Wildman–Crippen MR) is 75.6 cm³/mol. The Bertz CT molecular complexity index is 567. The normalized spacial score (nSPS) is 21.0. The van der Waals surface area contributed by atoms with Gasteiger partial charge >= 0.3 is 6.03 Å². The van der Waals surface area contributed by atoms with E-state index in [9.17, 15) is 22.8 Å². The summed E-state index contributed by atoms with van der Waals surface area (Å²) in [7, 11) is -3.49. The van der Waals surface area contributed by atoms with Crippen molar-refractivity contribution in [2.75, 3.05) is 12.8 Å². The molecule has 0 radical (unpaired) electrons. The molecule has 9 heteroatoms. The number of urea groups is 1. The summed E-state index contributed by atoms with van der Waals surface area (Å²) in [6.07, 6.45) is 0.993. The van der Waals surface area contributed by atoms with Gasteiger partial charge in [-0.3, -0.25) is 19.8 Å². The molecule has 1 heterocycles. The minimum atomic E-state index is -3.49. The Morgan fingerprint density at radius 1 is 1.29 bits per heavy atom. The third-order valence-electron chi connectivity index (χ3n) is 2.97. The molecule has 2 N–H and O–H groups in total. The zero-order valence-electron chi connectivity index (χ0n) is 12.8. The molecule has 0 aromatic carbocycles. The average Bonchev–Trinajstić information content (AvgIpc) is 2.19. The first-order valence-electron chi connectivity index (χ1n) is 6.49. The Morgan fingerprint density at radius 3 is 2.24 bits per heavy atom. The zero-order valence-corrected chi connectivity index (χ0v) is 13.6. The van der Waals surface area contributed by atoms with Gasteiger partial charge < -0.3 is 0 Å². The number of nitrogens with zero attached hydrogens (tertiary/aromatic N) is 1. The second-order valence-electron chi connectivity index (χ2n) is 6.20. The van der Waals surface area contributed by atoms with E-state index in [-0.39, 0.29) is 12.5 Å². The Balaban J connectivity index is 2.98. The summed E-state index contributed by atoms with van der Waals surface area (Å²) in [5, 5.41) is 2.13. The van der Waals surface area contributed by atoms with E-state index in [1.807, 2.05) is 0 Å². The summed E-state index contributed by atoms with van der Waals surface area (Å²) in [5.41, 5.74) is -1.04. The molecule has 0 aliphatic carbocycles. The van der Waals surface area contributed by atoms with Crippen molar-refractivity contribution in [3.63, 3.8) is 0 Å². The molecule has 21 heavy (non-hydrogen) atoms. The van der Waals surface area contributed by atoms with Crippen LogP contribution in [0.2, 0.25) is 0 Å². The van der Waals surface area contributed by atoms with E-state index in [1.165, 1.54) is 0 Å². The van der Waals surface area contributed by atoms with Crippen molar-refractivity contribution in [1.82, 2.24) is 14.9 Å². The number of amides is 4. The van der Waals surface area contributed by atoms with Crippen molar-refractivity contribution in [1.29, 1.82) is 0 Å². The quantitative estimate of drug-likeness (QED) is 0.673. The Morgan fingerprint density at radius 2 is 1.81 bits per heavy atom. The van der Waals surface area contributed by atoms with Crippen molar-refractivity contribution in [2.24, 2.45) is 11.8 Å². The second kappa shape index (κ2) is 5.72. The van der Waals surface area contributed by atoms with E-state index in [2.05, 4.69) is 10.0 Å². The standard InChI is InChI=1S/C12H21N3O5S/c1-7(2)8-9(16)13-11(18)15(10(8)17)6-12(3,4)14-21(5,19)20/h7-8,14H,6H2,1-5H3,(H,13,16,18). The monoisotopic (exact) mass is 319 g/mol. The first-order valence-corrected chi connectivity index (χ1v) is 8.38. The van der Waals surface area contributed by atoms with E-state index in [1.54, 1.807) is 27.7 Å². The summed E-state index contributed by atoms with van der Waals surface area (Å²) < 4.78 is 25.0. The van der Waals surface area contributed by atoms with E-state index in [0.29, 0.717) is 0 Å². The van der Waals surface area contributed by atoms with Gasteiger partial charge in [-0.15, -0.1) is 0 Å². The predicted octanol–water partition coefficient (Wildman–Crippen LogP) is -0.335. The maximum atomic E-state index is 12.3. The van der Waals surface area contributed by atoms with Gasteiger partial charge in [0, 0.05) is 12.1 Å². The zero-order chi connectivity index (χ0) is 16.6. The number of nitrogens with one attached hydrogen (secondary N) is 2. The maximum Gasteiger partial charge on any atom is 0.330 e. The molecule has 0 aromatic heterocycles. The first kappa shape index (κ1) is 17.6. The third kappa shape index (κ3) is 4.50. The van der Waals surface area contributed by atoms with Gasteiger partial charge in [-0.2, -0.15) is 0 Å². The smallest absolute Gasteiger partial charge is 0.277 e. The molecule has 1 aliphatic heterocycles. The van der Waals surface area contributed by atoms with Gasteiger partial charge in [0.15, 0.2) is 0 Å². The van der Waals surface area contributed by atoms with E-state index < -0.39 is 39.3 Å². The summed E-state index contributed by atoms with van der Waals surface area (Å²) in [6, 6.07) is -0.828. The van der Waals surface area contributed by atoms with Gasteiger partial charge in [0.1, 0.15) is 5.92 Å². The molecule has 0 bridgehead atoms. The summed E-state index contributed by atoms with van der Waals surface area (Å²) in [5.74, 6) is -2.44. The van der Waals surface area contributed by atoms with Crippen LogP contribution in [0.1, 0.15) is 27.7 Å². The lowest BCUT2D eigenvalue weighted by Crippen LogP contribution is -2.63. The molecule has 1 rings (SSSR count). The van der Waals surface area contributed by atoms with Crippen molar-refractivity contribution in [2.45, 2.75) is 33.2 Å². The molecular formula is C12H21N3O5S. The van der Waals surface area contributed by atoms with E-state index in [0.717, 1.165) is 11.2 Å². The number of carbonyl (C=O) groups is 3. The molecule has 1 fully saturated rings. The molecule has 1 unspecified atom stereocenters. The van der Waals surface area contributed by atoms with Crippen LogP contribution in [0.15, 0.2) is 0 Å². The minimum absolute atomic E-state index is 0.165. The fourth-order valence-corrected chi connectivity index (χ4v) is 3.37. The highest BCUT2D eigenvalue weighted by molar-refractivity contribution is 7.88. The van der Waals surface area contributed by atoms with Gasteiger partial charge in [-0.1, -0.05) is 13.8 Å². The molecule has 1 saturated heterocycles. The molecule has 1 aliphatic rings. The fourth-order valence-electron chi connectivity index (χ4n) is 2.30. The molecule has 8 nitrogen and oxygen atoms in total. The molecule has 4 amide bonds. The van der Waals surface area contributed by atoms with Crippen LogP contribution in [-0.2, 0) is 19.6 Å². The van der Waals surface area contributed by atoms with Crippen LogP contribution in [0.25, 0.3) is 0 Å². The van der Waals surface area contributed by atoms with Crippen molar-refractivity contribution >= 4 is 27.9 Å². The number of barbiturate groups is 1. The lowest BCUT2D eigenvalue weighted by molar-refractivity contribution is -0.145. The van der Waals surface area contributed by atoms with Gasteiger partial charge in [0.05, 0.1) is 6.26 Å². The Hall–Kier alpha value is -1.48. The van der Waals surface area contributed by atoms with Gasteiger partial charge in [-0.05, 0) is 19.8 Å². The largest absolute Gasteiger partial charge is 0.330 e. The van der Waals surface area contributed by atoms with Crippen LogP contribution < -0.4 is 10.0 Å². The molecule has 120 valence electrons. The molecular weight excluding hydrogens is 298 g/mol. The van der Waals surface area contributed by atoms with E-state index >= 15 is 0 Å². The number of sulfonamides is 1. The van der Waals surface area contributed by atoms with Crippen molar-refractivity contribution in [3.8, 4) is 0 Å².